The molecule has 0 bridgehead atoms. The van der Waals surface area contributed by atoms with E-state index >= 15 is 0 Å². The molecule has 3 N–H and O–H groups in total. The molecule has 5 nitrogen and oxygen atoms in total. The highest BCUT2D eigenvalue weighted by Gasteiger charge is 2.30. The van der Waals surface area contributed by atoms with Crippen LogP contribution in [-0.4, -0.2) is 36.6 Å². The lowest BCUT2D eigenvalue weighted by Crippen LogP contribution is -2.52. The standard InChI is InChI=1S/C9H16N2O3/c1-9(2,8(13)14)5-11-7(12)6-3-10-4-6/h6,10H,3-5H2,1-2H3,(H,11,12)(H,13,14). The van der Waals surface area contributed by atoms with E-state index < -0.39 is 11.4 Å². The molecular weight excluding hydrogens is 184 g/mol. The van der Waals surface area contributed by atoms with E-state index in [0.29, 0.717) is 13.1 Å². The Bertz CT molecular complexity index is 246. The number of nitrogens with one attached hydrogen (secondary N) is 2. The van der Waals surface area contributed by atoms with Crippen LogP contribution in [0.1, 0.15) is 13.8 Å². The number of rotatable bonds is 4. The molecule has 1 aliphatic rings. The lowest BCUT2D eigenvalue weighted by atomic mass is 9.93. The summed E-state index contributed by atoms with van der Waals surface area (Å²) >= 11 is 0. The zero-order chi connectivity index (χ0) is 10.8. The number of carbonyl (C=O) groups is 2. The second-order valence-electron chi connectivity index (χ2n) is 4.26. The molecule has 1 rings (SSSR count). The molecule has 0 spiro atoms. The molecule has 1 heterocycles. The first-order chi connectivity index (χ1) is 6.43. The summed E-state index contributed by atoms with van der Waals surface area (Å²) in [5.74, 6) is -0.942. The normalized spacial score (nSPS) is 17.3. The first kappa shape index (κ1) is 11.0. The summed E-state index contributed by atoms with van der Waals surface area (Å²) in [6.45, 7) is 4.75. The van der Waals surface area contributed by atoms with Gasteiger partial charge in [0.1, 0.15) is 0 Å². The highest BCUT2D eigenvalue weighted by atomic mass is 16.4. The summed E-state index contributed by atoms with van der Waals surface area (Å²) in [4.78, 5) is 22.1. The van der Waals surface area contributed by atoms with Gasteiger partial charge >= 0.3 is 5.97 Å². The van der Waals surface area contributed by atoms with Gasteiger partial charge < -0.3 is 15.7 Å². The van der Waals surface area contributed by atoms with Gasteiger partial charge in [0.25, 0.3) is 0 Å². The second-order valence-corrected chi connectivity index (χ2v) is 4.26. The third-order valence-corrected chi connectivity index (χ3v) is 2.44. The van der Waals surface area contributed by atoms with E-state index in [0.717, 1.165) is 0 Å². The Morgan fingerprint density at radius 3 is 2.43 bits per heavy atom. The number of carboxylic acids is 1. The first-order valence-electron chi connectivity index (χ1n) is 4.65. The van der Waals surface area contributed by atoms with Crippen molar-refractivity contribution < 1.29 is 14.7 Å². The van der Waals surface area contributed by atoms with Gasteiger partial charge in [-0.25, -0.2) is 0 Å². The minimum atomic E-state index is -0.899. The van der Waals surface area contributed by atoms with Crippen LogP contribution in [0.15, 0.2) is 0 Å². The van der Waals surface area contributed by atoms with Crippen molar-refractivity contribution in [2.75, 3.05) is 19.6 Å². The molecule has 1 amide bonds. The van der Waals surface area contributed by atoms with Gasteiger partial charge in [-0.05, 0) is 13.8 Å². The van der Waals surface area contributed by atoms with E-state index in [-0.39, 0.29) is 18.4 Å². The maximum atomic E-state index is 11.4. The predicted octanol–water partition coefficient (Wildman–Crippen LogP) is -0.567. The molecule has 5 heteroatoms. The van der Waals surface area contributed by atoms with E-state index in [1.165, 1.54) is 0 Å². The van der Waals surface area contributed by atoms with Crippen LogP contribution in [0.3, 0.4) is 0 Å². The fraction of sp³-hybridized carbons (Fsp3) is 0.778. The Hall–Kier alpha value is -1.10. The fourth-order valence-electron chi connectivity index (χ4n) is 1.00. The van der Waals surface area contributed by atoms with Crippen molar-refractivity contribution in [1.82, 2.24) is 10.6 Å². The van der Waals surface area contributed by atoms with Crippen LogP contribution in [-0.2, 0) is 9.59 Å². The highest BCUT2D eigenvalue weighted by molar-refractivity contribution is 5.81. The molecular formula is C9H16N2O3. The zero-order valence-corrected chi connectivity index (χ0v) is 8.46. The highest BCUT2D eigenvalue weighted by Crippen LogP contribution is 2.13. The van der Waals surface area contributed by atoms with Crippen molar-refractivity contribution in [2.24, 2.45) is 11.3 Å². The minimum absolute atomic E-state index is 0.0135. The summed E-state index contributed by atoms with van der Waals surface area (Å²) in [6.07, 6.45) is 0. The molecule has 1 aliphatic heterocycles. The fourth-order valence-corrected chi connectivity index (χ4v) is 1.00. The largest absolute Gasteiger partial charge is 0.481 e. The van der Waals surface area contributed by atoms with Crippen LogP contribution in [0.25, 0.3) is 0 Å². The molecule has 0 unspecified atom stereocenters. The monoisotopic (exact) mass is 200 g/mol. The smallest absolute Gasteiger partial charge is 0.310 e. The Labute approximate surface area is 82.9 Å². The van der Waals surface area contributed by atoms with Crippen LogP contribution >= 0.6 is 0 Å². The summed E-state index contributed by atoms with van der Waals surface area (Å²) in [5.41, 5.74) is -0.896. The number of hydrogen-bond acceptors (Lipinski definition) is 3. The van der Waals surface area contributed by atoms with Crippen LogP contribution < -0.4 is 10.6 Å². The van der Waals surface area contributed by atoms with Crippen molar-refractivity contribution in [1.29, 1.82) is 0 Å². The number of carboxylic acid groups (broad SMARTS) is 1. The SMILES string of the molecule is CC(C)(CNC(=O)C1CNC1)C(=O)O. The average molecular weight is 200 g/mol. The predicted molar refractivity (Wildman–Crippen MR) is 50.8 cm³/mol. The van der Waals surface area contributed by atoms with E-state index in [2.05, 4.69) is 10.6 Å². The molecule has 14 heavy (non-hydrogen) atoms. The lowest BCUT2D eigenvalue weighted by Gasteiger charge is -2.27. The van der Waals surface area contributed by atoms with Crippen LogP contribution in [0.5, 0.6) is 0 Å². The molecule has 0 aromatic rings. The van der Waals surface area contributed by atoms with Crippen molar-refractivity contribution in [3.05, 3.63) is 0 Å². The Morgan fingerprint density at radius 2 is 2.07 bits per heavy atom. The number of carbonyl (C=O) groups excluding carboxylic acids is 1. The molecule has 0 radical (unpaired) electrons. The average Bonchev–Trinajstić information content (AvgIpc) is 1.97. The maximum Gasteiger partial charge on any atom is 0.310 e. The van der Waals surface area contributed by atoms with E-state index in [1.54, 1.807) is 13.8 Å². The first-order valence-corrected chi connectivity index (χ1v) is 4.65. The van der Waals surface area contributed by atoms with Gasteiger partial charge in [0.05, 0.1) is 11.3 Å². The Balaban J connectivity index is 2.32. The summed E-state index contributed by atoms with van der Waals surface area (Å²) in [7, 11) is 0. The molecule has 80 valence electrons. The van der Waals surface area contributed by atoms with Gasteiger partial charge in [-0.3, -0.25) is 9.59 Å². The molecule has 0 aromatic carbocycles. The lowest BCUT2D eigenvalue weighted by molar-refractivity contribution is -0.147. The quantitative estimate of drug-likeness (QED) is 0.568. The zero-order valence-electron chi connectivity index (χ0n) is 8.46. The number of amides is 1. The van der Waals surface area contributed by atoms with Crippen LogP contribution in [0.4, 0.5) is 0 Å². The summed E-state index contributed by atoms with van der Waals surface area (Å²) in [6, 6.07) is 0. The third kappa shape index (κ3) is 2.45. The van der Waals surface area contributed by atoms with Crippen molar-refractivity contribution in [3.8, 4) is 0 Å². The van der Waals surface area contributed by atoms with Gasteiger partial charge in [0.15, 0.2) is 0 Å². The Morgan fingerprint density at radius 1 is 1.50 bits per heavy atom. The minimum Gasteiger partial charge on any atom is -0.481 e. The van der Waals surface area contributed by atoms with Crippen molar-refractivity contribution in [3.63, 3.8) is 0 Å². The van der Waals surface area contributed by atoms with Gasteiger partial charge in [-0.1, -0.05) is 0 Å². The Kier molecular flexibility index (Phi) is 3.10. The molecule has 1 fully saturated rings. The molecule has 0 saturated carbocycles. The second kappa shape index (κ2) is 3.96. The topological polar surface area (TPSA) is 78.4 Å². The number of hydrogen-bond donors (Lipinski definition) is 3. The van der Waals surface area contributed by atoms with E-state index in [9.17, 15) is 9.59 Å². The van der Waals surface area contributed by atoms with Gasteiger partial charge in [0, 0.05) is 19.6 Å². The maximum absolute atomic E-state index is 11.4. The molecule has 1 saturated heterocycles. The van der Waals surface area contributed by atoms with Gasteiger partial charge in [-0.15, -0.1) is 0 Å². The summed E-state index contributed by atoms with van der Waals surface area (Å²) in [5, 5.41) is 14.4. The van der Waals surface area contributed by atoms with Crippen molar-refractivity contribution >= 4 is 11.9 Å². The van der Waals surface area contributed by atoms with Gasteiger partial charge in [-0.2, -0.15) is 0 Å². The van der Waals surface area contributed by atoms with Crippen LogP contribution in [0.2, 0.25) is 0 Å². The molecule has 0 aliphatic carbocycles. The van der Waals surface area contributed by atoms with Crippen molar-refractivity contribution in [2.45, 2.75) is 13.8 Å². The summed E-state index contributed by atoms with van der Waals surface area (Å²) < 4.78 is 0. The van der Waals surface area contributed by atoms with Gasteiger partial charge in [0.2, 0.25) is 5.91 Å². The van der Waals surface area contributed by atoms with Crippen LogP contribution in [0, 0.1) is 11.3 Å². The van der Waals surface area contributed by atoms with E-state index in [4.69, 9.17) is 5.11 Å². The third-order valence-electron chi connectivity index (χ3n) is 2.44. The number of aliphatic carboxylic acids is 1. The molecule has 0 atom stereocenters. The molecule has 0 aromatic heterocycles. The van der Waals surface area contributed by atoms with E-state index in [1.807, 2.05) is 0 Å².